The average Bonchev–Trinajstić information content (AvgIpc) is 2.90. The minimum atomic E-state index is -0.116. The molecule has 1 N–H and O–H groups in total. The van der Waals surface area contributed by atoms with Gasteiger partial charge in [-0.2, -0.15) is 0 Å². The average molecular weight is 282 g/mol. The van der Waals surface area contributed by atoms with E-state index in [1.54, 1.807) is 0 Å². The number of nitrogens with one attached hydrogen (secondary N) is 1. The van der Waals surface area contributed by atoms with Gasteiger partial charge in [0.05, 0.1) is 10.2 Å². The molecule has 0 saturated heterocycles. The number of benzene rings is 2. The van der Waals surface area contributed by atoms with Crippen molar-refractivity contribution in [1.82, 2.24) is 10.3 Å². The highest BCUT2D eigenvalue weighted by molar-refractivity contribution is 7.20. The van der Waals surface area contributed by atoms with E-state index in [0.717, 1.165) is 15.8 Å². The highest BCUT2D eigenvalue weighted by Crippen LogP contribution is 2.21. The van der Waals surface area contributed by atoms with Crippen LogP contribution in [-0.2, 0) is 6.54 Å². The Morgan fingerprint density at radius 1 is 1.15 bits per heavy atom. The summed E-state index contributed by atoms with van der Waals surface area (Å²) in [6.45, 7) is 2.57. The Labute approximate surface area is 121 Å². The van der Waals surface area contributed by atoms with E-state index in [9.17, 15) is 4.79 Å². The summed E-state index contributed by atoms with van der Waals surface area (Å²) in [6, 6.07) is 15.8. The van der Waals surface area contributed by atoms with Crippen LogP contribution in [0.25, 0.3) is 10.2 Å². The number of thiazole rings is 1. The molecule has 0 fully saturated rings. The number of aryl methyl sites for hydroxylation is 1. The first kappa shape index (κ1) is 12.8. The van der Waals surface area contributed by atoms with Crippen LogP contribution in [0.3, 0.4) is 0 Å². The van der Waals surface area contributed by atoms with Crippen LogP contribution in [0.1, 0.15) is 20.9 Å². The second-order valence-corrected chi connectivity index (χ2v) is 5.63. The third-order valence-corrected chi connectivity index (χ3v) is 4.22. The van der Waals surface area contributed by atoms with Crippen LogP contribution in [0.5, 0.6) is 0 Å². The van der Waals surface area contributed by atoms with Gasteiger partial charge in [-0.15, -0.1) is 11.3 Å². The molecule has 0 aliphatic rings. The molecule has 0 bridgehead atoms. The van der Waals surface area contributed by atoms with Crippen molar-refractivity contribution in [2.24, 2.45) is 0 Å². The molecule has 1 heterocycles. The van der Waals surface area contributed by atoms with Crippen LogP contribution >= 0.6 is 11.3 Å². The van der Waals surface area contributed by atoms with Gasteiger partial charge in [-0.3, -0.25) is 4.79 Å². The molecule has 3 nitrogen and oxygen atoms in total. The number of nitrogens with zero attached hydrogens (tertiary/aromatic N) is 1. The molecule has 0 atom stereocenters. The smallest absolute Gasteiger partial charge is 0.280 e. The standard InChI is InChI=1S/C16H14N2OS/c1-11-6-2-3-7-12(11)10-17-15(19)16-18-13-8-4-5-9-14(13)20-16/h2-9H,10H2,1H3,(H,17,19). The Bertz CT molecular complexity index is 731. The summed E-state index contributed by atoms with van der Waals surface area (Å²) in [7, 11) is 0. The minimum absolute atomic E-state index is 0.116. The maximum Gasteiger partial charge on any atom is 0.280 e. The van der Waals surface area contributed by atoms with Gasteiger partial charge in [0, 0.05) is 6.54 Å². The third kappa shape index (κ3) is 2.56. The van der Waals surface area contributed by atoms with Crippen LogP contribution in [0.15, 0.2) is 48.5 Å². The van der Waals surface area contributed by atoms with Gasteiger partial charge in [-0.1, -0.05) is 36.4 Å². The summed E-state index contributed by atoms with van der Waals surface area (Å²) in [5.74, 6) is -0.116. The van der Waals surface area contributed by atoms with E-state index >= 15 is 0 Å². The van der Waals surface area contributed by atoms with Crippen LogP contribution in [0.4, 0.5) is 0 Å². The van der Waals surface area contributed by atoms with E-state index in [2.05, 4.69) is 10.3 Å². The Hall–Kier alpha value is -2.20. The van der Waals surface area contributed by atoms with Crippen molar-refractivity contribution in [2.45, 2.75) is 13.5 Å². The minimum Gasteiger partial charge on any atom is -0.346 e. The SMILES string of the molecule is Cc1ccccc1CNC(=O)c1nc2ccccc2s1. The van der Waals surface area contributed by atoms with Crippen molar-refractivity contribution in [3.63, 3.8) is 0 Å². The van der Waals surface area contributed by atoms with Crippen molar-refractivity contribution in [3.05, 3.63) is 64.7 Å². The summed E-state index contributed by atoms with van der Waals surface area (Å²) in [5, 5.41) is 3.44. The molecule has 0 spiro atoms. The van der Waals surface area contributed by atoms with Crippen LogP contribution in [-0.4, -0.2) is 10.9 Å². The fourth-order valence-corrected chi connectivity index (χ4v) is 2.91. The zero-order valence-electron chi connectivity index (χ0n) is 11.1. The fourth-order valence-electron chi connectivity index (χ4n) is 2.03. The van der Waals surface area contributed by atoms with Crippen molar-refractivity contribution in [3.8, 4) is 0 Å². The van der Waals surface area contributed by atoms with E-state index in [1.807, 2.05) is 55.5 Å². The summed E-state index contributed by atoms with van der Waals surface area (Å²) < 4.78 is 1.04. The number of carbonyl (C=O) groups excluding carboxylic acids is 1. The van der Waals surface area contributed by atoms with Crippen molar-refractivity contribution >= 4 is 27.5 Å². The molecule has 3 aromatic rings. The van der Waals surface area contributed by atoms with Crippen LogP contribution in [0.2, 0.25) is 0 Å². The summed E-state index contributed by atoms with van der Waals surface area (Å²) >= 11 is 1.42. The first-order valence-electron chi connectivity index (χ1n) is 6.42. The fraction of sp³-hybridized carbons (Fsp3) is 0.125. The number of amides is 1. The number of fused-ring (bicyclic) bond motifs is 1. The molecule has 0 aliphatic heterocycles. The topological polar surface area (TPSA) is 42.0 Å². The Morgan fingerprint density at radius 2 is 1.90 bits per heavy atom. The lowest BCUT2D eigenvalue weighted by Crippen LogP contribution is -2.22. The van der Waals surface area contributed by atoms with Gasteiger partial charge in [-0.25, -0.2) is 4.98 Å². The lowest BCUT2D eigenvalue weighted by Gasteiger charge is -2.06. The predicted octanol–water partition coefficient (Wildman–Crippen LogP) is 3.53. The first-order chi connectivity index (χ1) is 9.74. The lowest BCUT2D eigenvalue weighted by atomic mass is 10.1. The molecule has 100 valence electrons. The molecular formula is C16H14N2OS. The van der Waals surface area contributed by atoms with Gasteiger partial charge in [0.1, 0.15) is 0 Å². The first-order valence-corrected chi connectivity index (χ1v) is 7.24. The zero-order valence-corrected chi connectivity index (χ0v) is 11.9. The molecule has 0 aliphatic carbocycles. The van der Waals surface area contributed by atoms with Gasteiger partial charge >= 0.3 is 0 Å². The van der Waals surface area contributed by atoms with Crippen molar-refractivity contribution < 1.29 is 4.79 Å². The quantitative estimate of drug-likeness (QED) is 0.798. The number of rotatable bonds is 3. The van der Waals surface area contributed by atoms with Crippen LogP contribution < -0.4 is 5.32 Å². The Morgan fingerprint density at radius 3 is 2.70 bits per heavy atom. The Balaban J connectivity index is 1.75. The van der Waals surface area contributed by atoms with Crippen molar-refractivity contribution in [1.29, 1.82) is 0 Å². The van der Waals surface area contributed by atoms with E-state index in [-0.39, 0.29) is 5.91 Å². The maximum atomic E-state index is 12.1. The molecule has 1 aromatic heterocycles. The van der Waals surface area contributed by atoms with Gasteiger partial charge in [0.15, 0.2) is 5.01 Å². The highest BCUT2D eigenvalue weighted by atomic mass is 32.1. The highest BCUT2D eigenvalue weighted by Gasteiger charge is 2.11. The molecule has 4 heteroatoms. The largest absolute Gasteiger partial charge is 0.346 e. The monoisotopic (exact) mass is 282 g/mol. The summed E-state index contributed by atoms with van der Waals surface area (Å²) in [5.41, 5.74) is 3.18. The van der Waals surface area contributed by atoms with E-state index in [1.165, 1.54) is 16.9 Å². The molecule has 2 aromatic carbocycles. The summed E-state index contributed by atoms with van der Waals surface area (Å²) in [4.78, 5) is 16.5. The lowest BCUT2D eigenvalue weighted by molar-refractivity contribution is 0.0950. The second-order valence-electron chi connectivity index (χ2n) is 4.60. The van der Waals surface area contributed by atoms with Crippen LogP contribution in [0, 0.1) is 6.92 Å². The molecule has 3 rings (SSSR count). The summed E-state index contributed by atoms with van der Waals surface area (Å²) in [6.07, 6.45) is 0. The molecule has 0 saturated carbocycles. The second kappa shape index (κ2) is 5.43. The zero-order chi connectivity index (χ0) is 13.9. The predicted molar refractivity (Wildman–Crippen MR) is 82.0 cm³/mol. The molecule has 1 amide bonds. The normalized spacial score (nSPS) is 10.7. The number of hydrogen-bond donors (Lipinski definition) is 1. The van der Waals surface area contributed by atoms with E-state index < -0.39 is 0 Å². The van der Waals surface area contributed by atoms with Gasteiger partial charge in [0.25, 0.3) is 5.91 Å². The Kier molecular flexibility index (Phi) is 3.48. The molecule has 0 radical (unpaired) electrons. The molecular weight excluding hydrogens is 268 g/mol. The van der Waals surface area contributed by atoms with Crippen molar-refractivity contribution in [2.75, 3.05) is 0 Å². The number of aromatic nitrogens is 1. The van der Waals surface area contributed by atoms with Gasteiger partial charge in [-0.05, 0) is 30.2 Å². The number of carbonyl (C=O) groups is 1. The molecule has 0 unspecified atom stereocenters. The maximum absolute atomic E-state index is 12.1. The number of para-hydroxylation sites is 1. The van der Waals surface area contributed by atoms with E-state index in [0.29, 0.717) is 11.6 Å². The third-order valence-electron chi connectivity index (χ3n) is 3.19. The van der Waals surface area contributed by atoms with E-state index in [4.69, 9.17) is 0 Å². The number of hydrogen-bond acceptors (Lipinski definition) is 3. The molecule has 20 heavy (non-hydrogen) atoms. The van der Waals surface area contributed by atoms with Gasteiger partial charge < -0.3 is 5.32 Å². The van der Waals surface area contributed by atoms with Gasteiger partial charge in [0.2, 0.25) is 0 Å².